The molecular formula is C19H22ClFN4O. The average Bonchev–Trinajstić information content (AvgIpc) is 2.63. The van der Waals surface area contributed by atoms with Crippen molar-refractivity contribution in [2.45, 2.75) is 39.2 Å². The van der Waals surface area contributed by atoms with Crippen molar-refractivity contribution in [2.75, 3.05) is 5.32 Å². The quantitative estimate of drug-likeness (QED) is 0.574. The number of pyridine rings is 1. The predicted molar refractivity (Wildman–Crippen MR) is 103 cm³/mol. The molecule has 0 aliphatic heterocycles. The van der Waals surface area contributed by atoms with Gasteiger partial charge >= 0.3 is 0 Å². The number of carbonyl (C=O) groups excluding carboxylic acids is 1. The molecule has 1 aromatic heterocycles. The Hall–Kier alpha value is -2.47. The first kappa shape index (κ1) is 19.8. The van der Waals surface area contributed by atoms with Crippen molar-refractivity contribution in [3.8, 4) is 0 Å². The van der Waals surface area contributed by atoms with E-state index in [0.29, 0.717) is 35.0 Å². The number of anilines is 1. The Labute approximate surface area is 157 Å². The van der Waals surface area contributed by atoms with Gasteiger partial charge in [0.15, 0.2) is 0 Å². The van der Waals surface area contributed by atoms with E-state index in [9.17, 15) is 9.18 Å². The molecule has 1 amide bonds. The van der Waals surface area contributed by atoms with Gasteiger partial charge in [0.25, 0.3) is 5.91 Å². The number of nitrogens with zero attached hydrogens (tertiary/aromatic N) is 2. The topological polar surface area (TPSA) is 80.4 Å². The molecule has 1 atom stereocenters. The highest BCUT2D eigenvalue weighted by Gasteiger charge is 2.28. The number of benzene rings is 1. The minimum absolute atomic E-state index is 0.215. The van der Waals surface area contributed by atoms with Crippen LogP contribution >= 0.6 is 11.6 Å². The summed E-state index contributed by atoms with van der Waals surface area (Å²) in [6, 6.07) is 7.49. The molecule has 0 aliphatic rings. The fourth-order valence-corrected chi connectivity index (χ4v) is 2.56. The number of carbonyl (C=O) groups is 1. The number of halogens is 2. The lowest BCUT2D eigenvalue weighted by atomic mass is 9.89. The molecule has 26 heavy (non-hydrogen) atoms. The number of nitrogens with one attached hydrogen (secondary N) is 1. The largest absolute Gasteiger partial charge is 0.387 e. The minimum Gasteiger partial charge on any atom is -0.387 e. The number of amidine groups is 1. The second kappa shape index (κ2) is 8.27. The van der Waals surface area contributed by atoms with E-state index >= 15 is 0 Å². The molecule has 0 radical (unpaired) electrons. The van der Waals surface area contributed by atoms with Crippen LogP contribution in [-0.2, 0) is 5.54 Å². The summed E-state index contributed by atoms with van der Waals surface area (Å²) in [6.45, 7) is 5.62. The van der Waals surface area contributed by atoms with Crippen LogP contribution in [0.25, 0.3) is 0 Å². The van der Waals surface area contributed by atoms with Crippen LogP contribution < -0.4 is 11.1 Å². The first-order valence-electron chi connectivity index (χ1n) is 8.36. The molecule has 1 heterocycles. The maximum Gasteiger partial charge on any atom is 0.274 e. The van der Waals surface area contributed by atoms with Crippen LogP contribution in [0.5, 0.6) is 0 Å². The van der Waals surface area contributed by atoms with Gasteiger partial charge in [-0.3, -0.25) is 9.79 Å². The Balaban J connectivity index is 2.34. The molecule has 0 unspecified atom stereocenters. The highest BCUT2D eigenvalue weighted by Crippen LogP contribution is 2.33. The second-order valence-electron chi connectivity index (χ2n) is 6.09. The molecule has 0 saturated heterocycles. The number of hydrogen-bond donors (Lipinski definition) is 2. The van der Waals surface area contributed by atoms with Gasteiger partial charge in [0, 0.05) is 23.9 Å². The Morgan fingerprint density at radius 3 is 2.65 bits per heavy atom. The van der Waals surface area contributed by atoms with Crippen LogP contribution in [0, 0.1) is 5.82 Å². The van der Waals surface area contributed by atoms with Crippen LogP contribution in [0.4, 0.5) is 10.1 Å². The fraction of sp³-hybridized carbons (Fsp3) is 0.316. The molecule has 3 N–H and O–H groups in total. The van der Waals surface area contributed by atoms with E-state index in [-0.39, 0.29) is 5.69 Å². The second-order valence-corrected chi connectivity index (χ2v) is 6.53. The van der Waals surface area contributed by atoms with Crippen LogP contribution in [0.2, 0.25) is 5.02 Å². The summed E-state index contributed by atoms with van der Waals surface area (Å²) in [7, 11) is 0. The number of nitrogens with two attached hydrogens (primary N) is 1. The lowest BCUT2D eigenvalue weighted by molar-refractivity contribution is 0.102. The first-order chi connectivity index (χ1) is 12.3. The van der Waals surface area contributed by atoms with Gasteiger partial charge in [-0.05, 0) is 43.7 Å². The van der Waals surface area contributed by atoms with Crippen LogP contribution in [0.15, 0.2) is 41.5 Å². The molecule has 0 bridgehead atoms. The van der Waals surface area contributed by atoms with Crippen molar-refractivity contribution in [2.24, 2.45) is 10.7 Å². The molecule has 0 fully saturated rings. The maximum atomic E-state index is 14.5. The van der Waals surface area contributed by atoms with Crippen LogP contribution in [-0.4, -0.2) is 16.7 Å². The normalized spacial score (nSPS) is 14.0. The molecule has 2 rings (SSSR count). The van der Waals surface area contributed by atoms with Gasteiger partial charge in [0.2, 0.25) is 0 Å². The highest BCUT2D eigenvalue weighted by atomic mass is 35.5. The van der Waals surface area contributed by atoms with E-state index in [1.54, 1.807) is 12.1 Å². The maximum absolute atomic E-state index is 14.5. The molecular weight excluding hydrogens is 355 g/mol. The number of rotatable bonds is 6. The summed E-state index contributed by atoms with van der Waals surface area (Å²) in [5.41, 5.74) is 6.09. The summed E-state index contributed by atoms with van der Waals surface area (Å²) in [5.74, 6) is -0.354. The van der Waals surface area contributed by atoms with Crippen molar-refractivity contribution < 1.29 is 9.18 Å². The molecule has 0 saturated carbocycles. The molecule has 1 aromatic carbocycles. The summed E-state index contributed by atoms with van der Waals surface area (Å²) >= 11 is 5.78. The van der Waals surface area contributed by atoms with Crippen molar-refractivity contribution in [3.05, 3.63) is 58.6 Å². The van der Waals surface area contributed by atoms with Gasteiger partial charge < -0.3 is 11.1 Å². The Morgan fingerprint density at radius 1 is 1.35 bits per heavy atom. The Kier molecular flexibility index (Phi) is 6.32. The first-order valence-corrected chi connectivity index (χ1v) is 8.74. The molecule has 2 aromatic rings. The standard InChI is InChI=1S/C19H22ClFN4O/c1-4-17(22)25-19(3,5-2)14-10-13(7-8-15(14)21)24-18(26)16-9-6-12(20)11-23-16/h6-11H,4-5H2,1-3H3,(H2,22,25)(H,24,26)/t19-/m0/s1. The van der Waals surface area contributed by atoms with E-state index in [1.807, 2.05) is 20.8 Å². The van der Waals surface area contributed by atoms with Crippen LogP contribution in [0.3, 0.4) is 0 Å². The van der Waals surface area contributed by atoms with Gasteiger partial charge in [-0.1, -0.05) is 25.4 Å². The molecule has 0 spiro atoms. The highest BCUT2D eigenvalue weighted by molar-refractivity contribution is 6.30. The Morgan fingerprint density at radius 2 is 2.08 bits per heavy atom. The van der Waals surface area contributed by atoms with Gasteiger partial charge in [-0.2, -0.15) is 0 Å². The smallest absolute Gasteiger partial charge is 0.274 e. The van der Waals surface area contributed by atoms with Gasteiger partial charge in [-0.25, -0.2) is 9.37 Å². The average molecular weight is 377 g/mol. The monoisotopic (exact) mass is 376 g/mol. The molecule has 0 aliphatic carbocycles. The Bertz CT molecular complexity index is 823. The molecule has 138 valence electrons. The van der Waals surface area contributed by atoms with E-state index in [0.717, 1.165) is 0 Å². The minimum atomic E-state index is -0.816. The van der Waals surface area contributed by atoms with Gasteiger partial charge in [-0.15, -0.1) is 0 Å². The summed E-state index contributed by atoms with van der Waals surface area (Å²) in [6.07, 6.45) is 2.53. The van der Waals surface area contributed by atoms with E-state index in [4.69, 9.17) is 17.3 Å². The summed E-state index contributed by atoms with van der Waals surface area (Å²) < 4.78 is 14.5. The van der Waals surface area contributed by atoms with Crippen molar-refractivity contribution in [1.29, 1.82) is 0 Å². The summed E-state index contributed by atoms with van der Waals surface area (Å²) in [4.78, 5) is 20.8. The lowest BCUT2D eigenvalue weighted by Gasteiger charge is -2.26. The third-order valence-electron chi connectivity index (χ3n) is 4.21. The lowest BCUT2D eigenvalue weighted by Crippen LogP contribution is -2.25. The number of hydrogen-bond acceptors (Lipinski definition) is 3. The van der Waals surface area contributed by atoms with Gasteiger partial charge in [0.05, 0.1) is 16.4 Å². The van der Waals surface area contributed by atoms with E-state index < -0.39 is 17.3 Å². The van der Waals surface area contributed by atoms with Gasteiger partial charge in [0.1, 0.15) is 11.5 Å². The zero-order chi connectivity index (χ0) is 19.3. The number of aromatic nitrogens is 1. The third-order valence-corrected chi connectivity index (χ3v) is 4.43. The van der Waals surface area contributed by atoms with E-state index in [1.165, 1.54) is 24.4 Å². The number of aliphatic imine (C=N–C) groups is 1. The zero-order valence-corrected chi connectivity index (χ0v) is 15.8. The SMILES string of the molecule is CCC(N)=N[C@@](C)(CC)c1cc(NC(=O)c2ccc(Cl)cn2)ccc1F. The molecule has 5 nitrogen and oxygen atoms in total. The zero-order valence-electron chi connectivity index (χ0n) is 15.0. The summed E-state index contributed by atoms with van der Waals surface area (Å²) in [5, 5.41) is 3.16. The van der Waals surface area contributed by atoms with Crippen molar-refractivity contribution >= 4 is 29.0 Å². The predicted octanol–water partition coefficient (Wildman–Crippen LogP) is 4.52. The van der Waals surface area contributed by atoms with E-state index in [2.05, 4.69) is 15.3 Å². The van der Waals surface area contributed by atoms with Crippen molar-refractivity contribution in [3.63, 3.8) is 0 Å². The fourth-order valence-electron chi connectivity index (χ4n) is 2.45. The molecule has 7 heteroatoms. The van der Waals surface area contributed by atoms with Crippen molar-refractivity contribution in [1.82, 2.24) is 4.98 Å². The number of amides is 1. The third kappa shape index (κ3) is 4.58. The van der Waals surface area contributed by atoms with Crippen LogP contribution in [0.1, 0.15) is 49.7 Å².